The van der Waals surface area contributed by atoms with E-state index in [9.17, 15) is 12.8 Å². The fourth-order valence-corrected chi connectivity index (χ4v) is 3.71. The van der Waals surface area contributed by atoms with Crippen molar-refractivity contribution in [2.75, 3.05) is 6.54 Å². The number of halogens is 2. The summed E-state index contributed by atoms with van der Waals surface area (Å²) in [5.41, 5.74) is 0. The molecule has 1 aliphatic heterocycles. The summed E-state index contributed by atoms with van der Waals surface area (Å²) < 4.78 is 40.6. The molecular formula is C12H16BrFN2O2S. The summed E-state index contributed by atoms with van der Waals surface area (Å²) in [5, 5.41) is 3.25. The molecule has 1 fully saturated rings. The lowest BCUT2D eigenvalue weighted by Gasteiger charge is -2.28. The highest BCUT2D eigenvalue weighted by atomic mass is 79.9. The van der Waals surface area contributed by atoms with E-state index in [0.29, 0.717) is 0 Å². The Labute approximate surface area is 121 Å². The van der Waals surface area contributed by atoms with E-state index < -0.39 is 15.8 Å². The fraction of sp³-hybridized carbons (Fsp3) is 0.500. The minimum Gasteiger partial charge on any atom is -0.314 e. The van der Waals surface area contributed by atoms with Crippen LogP contribution in [0.3, 0.4) is 0 Å². The quantitative estimate of drug-likeness (QED) is 0.876. The average Bonchev–Trinajstić information content (AvgIpc) is 2.32. The number of nitrogens with one attached hydrogen (secondary N) is 2. The molecule has 2 atom stereocenters. The summed E-state index contributed by atoms with van der Waals surface area (Å²) in [6.45, 7) is 2.79. The van der Waals surface area contributed by atoms with Gasteiger partial charge in [0.15, 0.2) is 0 Å². The van der Waals surface area contributed by atoms with E-state index in [2.05, 4.69) is 26.0 Å². The first kappa shape index (κ1) is 14.9. The third-order valence-corrected chi connectivity index (χ3v) is 5.31. The summed E-state index contributed by atoms with van der Waals surface area (Å²) in [4.78, 5) is -0.0422. The molecule has 0 aliphatic carbocycles. The molecule has 2 unspecified atom stereocenters. The Bertz CT molecular complexity index is 565. The van der Waals surface area contributed by atoms with Crippen molar-refractivity contribution in [3.63, 3.8) is 0 Å². The van der Waals surface area contributed by atoms with Gasteiger partial charge in [0, 0.05) is 12.1 Å². The molecule has 1 saturated heterocycles. The second-order valence-corrected chi connectivity index (χ2v) is 7.34. The van der Waals surface area contributed by atoms with Crippen LogP contribution in [-0.2, 0) is 10.0 Å². The molecule has 1 aromatic carbocycles. The molecule has 0 aromatic heterocycles. The van der Waals surface area contributed by atoms with Crippen LogP contribution in [0.15, 0.2) is 27.6 Å². The lowest BCUT2D eigenvalue weighted by molar-refractivity contribution is 0.361. The van der Waals surface area contributed by atoms with E-state index in [1.165, 1.54) is 12.1 Å². The largest absolute Gasteiger partial charge is 0.314 e. The SMILES string of the molecule is CC1CC(NS(=O)(=O)c2ccc(Br)c(F)c2)CCN1. The summed E-state index contributed by atoms with van der Waals surface area (Å²) in [7, 11) is -3.66. The Morgan fingerprint density at radius 3 is 2.84 bits per heavy atom. The van der Waals surface area contributed by atoms with Crippen LogP contribution >= 0.6 is 15.9 Å². The van der Waals surface area contributed by atoms with Gasteiger partial charge in [0.2, 0.25) is 10.0 Å². The third kappa shape index (κ3) is 3.75. The van der Waals surface area contributed by atoms with E-state index in [4.69, 9.17) is 0 Å². The normalized spacial score (nSPS) is 24.4. The van der Waals surface area contributed by atoms with Crippen LogP contribution in [-0.4, -0.2) is 27.0 Å². The molecule has 0 amide bonds. The van der Waals surface area contributed by atoms with E-state index >= 15 is 0 Å². The highest BCUT2D eigenvalue weighted by molar-refractivity contribution is 9.10. The Balaban J connectivity index is 2.15. The number of rotatable bonds is 3. The number of hydrogen-bond acceptors (Lipinski definition) is 3. The average molecular weight is 351 g/mol. The molecule has 19 heavy (non-hydrogen) atoms. The van der Waals surface area contributed by atoms with Gasteiger partial charge < -0.3 is 5.32 Å². The molecule has 0 spiro atoms. The van der Waals surface area contributed by atoms with Crippen molar-refractivity contribution < 1.29 is 12.8 Å². The van der Waals surface area contributed by atoms with Crippen molar-refractivity contribution in [1.29, 1.82) is 0 Å². The molecule has 0 radical (unpaired) electrons. The molecule has 2 N–H and O–H groups in total. The summed E-state index contributed by atoms with van der Waals surface area (Å²) in [6.07, 6.45) is 1.47. The van der Waals surface area contributed by atoms with Crippen LogP contribution in [0.4, 0.5) is 4.39 Å². The van der Waals surface area contributed by atoms with Gasteiger partial charge in [0.1, 0.15) is 5.82 Å². The van der Waals surface area contributed by atoms with Gasteiger partial charge in [0.05, 0.1) is 9.37 Å². The zero-order valence-corrected chi connectivity index (χ0v) is 12.9. The van der Waals surface area contributed by atoms with Crippen molar-refractivity contribution in [3.8, 4) is 0 Å². The highest BCUT2D eigenvalue weighted by Gasteiger charge is 2.24. The minimum absolute atomic E-state index is 0.0422. The van der Waals surface area contributed by atoms with E-state index in [1.54, 1.807) is 0 Å². The van der Waals surface area contributed by atoms with Crippen molar-refractivity contribution in [2.24, 2.45) is 0 Å². The molecule has 2 rings (SSSR count). The van der Waals surface area contributed by atoms with E-state index in [1.807, 2.05) is 6.92 Å². The first-order valence-corrected chi connectivity index (χ1v) is 8.37. The lowest BCUT2D eigenvalue weighted by Crippen LogP contribution is -2.46. The molecule has 0 saturated carbocycles. The van der Waals surface area contributed by atoms with Crippen LogP contribution in [0, 0.1) is 5.82 Å². The van der Waals surface area contributed by atoms with E-state index in [-0.39, 0.29) is 21.5 Å². The summed E-state index contributed by atoms with van der Waals surface area (Å²) in [5.74, 6) is -0.582. The highest BCUT2D eigenvalue weighted by Crippen LogP contribution is 2.20. The minimum atomic E-state index is -3.66. The van der Waals surface area contributed by atoms with Crippen LogP contribution < -0.4 is 10.0 Å². The molecule has 4 nitrogen and oxygen atoms in total. The van der Waals surface area contributed by atoms with Gasteiger partial charge in [-0.1, -0.05) is 0 Å². The monoisotopic (exact) mass is 350 g/mol. The molecule has 1 aliphatic rings. The van der Waals surface area contributed by atoms with Gasteiger partial charge in [-0.25, -0.2) is 17.5 Å². The number of benzene rings is 1. The summed E-state index contributed by atoms with van der Waals surface area (Å²) >= 11 is 3.00. The van der Waals surface area contributed by atoms with Gasteiger partial charge in [-0.3, -0.25) is 0 Å². The third-order valence-electron chi connectivity index (χ3n) is 3.15. The topological polar surface area (TPSA) is 58.2 Å². The van der Waals surface area contributed by atoms with Crippen molar-refractivity contribution in [3.05, 3.63) is 28.5 Å². The number of hydrogen-bond donors (Lipinski definition) is 2. The van der Waals surface area contributed by atoms with Crippen LogP contribution in [0.25, 0.3) is 0 Å². The fourth-order valence-electron chi connectivity index (χ4n) is 2.17. The Morgan fingerprint density at radius 1 is 1.47 bits per heavy atom. The van der Waals surface area contributed by atoms with Crippen LogP contribution in [0.1, 0.15) is 19.8 Å². The standard InChI is InChI=1S/C12H16BrFN2O2S/c1-8-6-9(4-5-15-8)16-19(17,18)10-2-3-11(13)12(14)7-10/h2-3,7-9,15-16H,4-6H2,1H3. The smallest absolute Gasteiger partial charge is 0.240 e. The molecule has 1 aromatic rings. The van der Waals surface area contributed by atoms with Gasteiger partial charge in [-0.2, -0.15) is 0 Å². The maximum atomic E-state index is 13.4. The van der Waals surface area contributed by atoms with Crippen molar-refractivity contribution >= 4 is 26.0 Å². The second-order valence-electron chi connectivity index (χ2n) is 4.77. The van der Waals surface area contributed by atoms with Gasteiger partial charge >= 0.3 is 0 Å². The molecule has 1 heterocycles. The van der Waals surface area contributed by atoms with Crippen molar-refractivity contribution in [2.45, 2.75) is 36.7 Å². The predicted molar refractivity (Wildman–Crippen MR) is 74.9 cm³/mol. The van der Waals surface area contributed by atoms with Gasteiger partial charge in [-0.15, -0.1) is 0 Å². The molecular weight excluding hydrogens is 335 g/mol. The van der Waals surface area contributed by atoms with E-state index in [0.717, 1.165) is 25.5 Å². The van der Waals surface area contributed by atoms with Crippen LogP contribution in [0.5, 0.6) is 0 Å². The first-order valence-electron chi connectivity index (χ1n) is 6.09. The van der Waals surface area contributed by atoms with Gasteiger partial charge in [0.25, 0.3) is 0 Å². The second kappa shape index (κ2) is 5.87. The van der Waals surface area contributed by atoms with Crippen LogP contribution in [0.2, 0.25) is 0 Å². The molecule has 7 heteroatoms. The summed E-state index contributed by atoms with van der Waals surface area (Å²) in [6, 6.07) is 3.99. The zero-order chi connectivity index (χ0) is 14.0. The van der Waals surface area contributed by atoms with Gasteiger partial charge in [-0.05, 0) is 60.4 Å². The number of piperidine rings is 1. The molecule has 106 valence electrons. The maximum Gasteiger partial charge on any atom is 0.240 e. The lowest BCUT2D eigenvalue weighted by atomic mass is 10.0. The first-order chi connectivity index (χ1) is 8.88. The predicted octanol–water partition coefficient (Wildman–Crippen LogP) is 2.01. The Kier molecular flexibility index (Phi) is 4.60. The zero-order valence-electron chi connectivity index (χ0n) is 10.5. The Hall–Kier alpha value is -0.500. The number of sulfonamides is 1. The molecule has 0 bridgehead atoms. The van der Waals surface area contributed by atoms with Crippen molar-refractivity contribution in [1.82, 2.24) is 10.0 Å². The maximum absolute atomic E-state index is 13.4. The Morgan fingerprint density at radius 2 is 2.21 bits per heavy atom.